The molecule has 2 N–H and O–H groups in total. The molecule has 32 heavy (non-hydrogen) atoms. The number of urea groups is 1. The molecule has 0 saturated heterocycles. The average molecular weight is 495 g/mol. The van der Waals surface area contributed by atoms with Crippen molar-refractivity contribution < 1.29 is 18.1 Å². The van der Waals surface area contributed by atoms with Crippen molar-refractivity contribution >= 4 is 50.8 Å². The molecule has 2 heterocycles. The maximum absolute atomic E-state index is 12.9. The van der Waals surface area contributed by atoms with E-state index in [1.165, 1.54) is 23.5 Å². The molecule has 0 aliphatic rings. The molecule has 2 aromatic heterocycles. The molecule has 11 nitrogen and oxygen atoms in total. The summed E-state index contributed by atoms with van der Waals surface area (Å²) in [6, 6.07) is 4.06. The quantitative estimate of drug-likeness (QED) is 0.284. The van der Waals surface area contributed by atoms with Gasteiger partial charge in [0.25, 0.3) is 15.7 Å². The zero-order valence-electron chi connectivity index (χ0n) is 17.1. The summed E-state index contributed by atoms with van der Waals surface area (Å²) in [5.41, 5.74) is 1.50. The molecule has 0 atom stereocenters. The number of thiazole rings is 1. The number of nitro benzene ring substituents is 1. The highest BCUT2D eigenvalue weighted by molar-refractivity contribution is 7.99. The SMILES string of the molecule is Cc1cc(C)nc(NC(=O)NS(=O)(=O)c2cc([N+](=O)[O-])ccc2SCc2csc(C)n2)n1. The van der Waals surface area contributed by atoms with Gasteiger partial charge in [0.15, 0.2) is 0 Å². The molecule has 0 unspecified atom stereocenters. The second-order valence-electron chi connectivity index (χ2n) is 6.57. The van der Waals surface area contributed by atoms with E-state index in [-0.39, 0.29) is 15.7 Å². The van der Waals surface area contributed by atoms with Crippen molar-refractivity contribution in [3.05, 3.63) is 61.8 Å². The van der Waals surface area contributed by atoms with Crippen LogP contribution in [0.25, 0.3) is 0 Å². The van der Waals surface area contributed by atoms with Crippen molar-refractivity contribution in [2.75, 3.05) is 5.32 Å². The van der Waals surface area contributed by atoms with E-state index in [0.717, 1.165) is 28.5 Å². The fourth-order valence-electron chi connectivity index (χ4n) is 2.65. The Bertz CT molecular complexity index is 1270. The summed E-state index contributed by atoms with van der Waals surface area (Å²) in [5, 5.41) is 16.2. The first-order chi connectivity index (χ1) is 15.0. The minimum absolute atomic E-state index is 0.0669. The molecule has 3 rings (SSSR count). The maximum atomic E-state index is 12.9. The van der Waals surface area contributed by atoms with Crippen LogP contribution in [0.2, 0.25) is 0 Å². The number of aromatic nitrogens is 3. The summed E-state index contributed by atoms with van der Waals surface area (Å²) in [7, 11) is -4.45. The van der Waals surface area contributed by atoms with Crippen LogP contribution in [0.15, 0.2) is 39.4 Å². The summed E-state index contributed by atoms with van der Waals surface area (Å²) < 4.78 is 27.7. The Morgan fingerprint density at radius 1 is 1.16 bits per heavy atom. The lowest BCUT2D eigenvalue weighted by atomic mass is 10.3. The smallest absolute Gasteiger partial charge is 0.275 e. The summed E-state index contributed by atoms with van der Waals surface area (Å²) in [6.45, 7) is 5.25. The molecule has 2 amide bonds. The van der Waals surface area contributed by atoms with Crippen LogP contribution in [-0.2, 0) is 15.8 Å². The number of aryl methyl sites for hydroxylation is 3. The number of nitrogens with zero attached hydrogens (tertiary/aromatic N) is 4. The highest BCUT2D eigenvalue weighted by atomic mass is 32.2. The van der Waals surface area contributed by atoms with Crippen LogP contribution in [0.3, 0.4) is 0 Å². The minimum atomic E-state index is -4.45. The van der Waals surface area contributed by atoms with E-state index < -0.39 is 26.7 Å². The third-order valence-electron chi connectivity index (χ3n) is 3.90. The molecule has 0 aliphatic carbocycles. The number of non-ortho nitro benzene ring substituents is 1. The average Bonchev–Trinajstić information content (AvgIpc) is 3.10. The number of nitro groups is 1. The summed E-state index contributed by atoms with van der Waals surface area (Å²) in [5.74, 6) is 0.288. The van der Waals surface area contributed by atoms with Crippen LogP contribution in [0.5, 0.6) is 0 Å². The first-order valence-corrected chi connectivity index (χ1v) is 12.4. The fourth-order valence-corrected chi connectivity index (χ4v) is 5.71. The second kappa shape index (κ2) is 9.58. The largest absolute Gasteiger partial charge is 0.335 e. The highest BCUT2D eigenvalue weighted by Gasteiger charge is 2.25. The Hall–Kier alpha value is -3.10. The highest BCUT2D eigenvalue weighted by Crippen LogP contribution is 2.32. The molecule has 14 heteroatoms. The van der Waals surface area contributed by atoms with E-state index in [9.17, 15) is 23.3 Å². The van der Waals surface area contributed by atoms with Crippen molar-refractivity contribution in [2.24, 2.45) is 0 Å². The standard InChI is InChI=1S/C18H18N6O5S3/c1-10-6-11(2)20-17(19-10)22-18(25)23-32(28,29)16-7-14(24(26)27)4-5-15(16)31-9-13-8-30-12(3)21-13/h4-8H,9H2,1-3H3,(H2,19,20,22,23,25). The number of anilines is 1. The van der Waals surface area contributed by atoms with E-state index in [2.05, 4.69) is 20.3 Å². The second-order valence-corrected chi connectivity index (χ2v) is 10.3. The Morgan fingerprint density at radius 3 is 2.44 bits per heavy atom. The van der Waals surface area contributed by atoms with Gasteiger partial charge < -0.3 is 0 Å². The van der Waals surface area contributed by atoms with Crippen molar-refractivity contribution in [1.29, 1.82) is 0 Å². The van der Waals surface area contributed by atoms with Crippen LogP contribution in [0.1, 0.15) is 22.1 Å². The molecular weight excluding hydrogens is 476 g/mol. The lowest BCUT2D eigenvalue weighted by Gasteiger charge is -2.12. The number of sulfonamides is 1. The van der Waals surface area contributed by atoms with Crippen LogP contribution >= 0.6 is 23.1 Å². The molecule has 0 aliphatic heterocycles. The van der Waals surface area contributed by atoms with Crippen LogP contribution in [0, 0.1) is 30.9 Å². The lowest BCUT2D eigenvalue weighted by Crippen LogP contribution is -2.35. The van der Waals surface area contributed by atoms with Gasteiger partial charge in [-0.15, -0.1) is 23.1 Å². The maximum Gasteiger partial charge on any atom is 0.335 e. The first-order valence-electron chi connectivity index (χ1n) is 9.02. The molecule has 0 saturated carbocycles. The predicted molar refractivity (Wildman–Crippen MR) is 120 cm³/mol. The molecule has 168 valence electrons. The van der Waals surface area contributed by atoms with Gasteiger partial charge in [0.2, 0.25) is 5.95 Å². The minimum Gasteiger partial charge on any atom is -0.275 e. The predicted octanol–water partition coefficient (Wildman–Crippen LogP) is 3.57. The van der Waals surface area contributed by atoms with E-state index in [0.29, 0.717) is 17.1 Å². The van der Waals surface area contributed by atoms with Crippen LogP contribution in [-0.4, -0.2) is 34.3 Å². The van der Waals surface area contributed by atoms with E-state index in [4.69, 9.17) is 0 Å². The van der Waals surface area contributed by atoms with E-state index in [1.807, 2.05) is 17.0 Å². The van der Waals surface area contributed by atoms with Crippen molar-refractivity contribution in [3.63, 3.8) is 0 Å². The van der Waals surface area contributed by atoms with Crippen molar-refractivity contribution in [3.8, 4) is 0 Å². The number of rotatable bonds is 7. The molecule has 3 aromatic rings. The first kappa shape index (κ1) is 23.6. The fraction of sp³-hybridized carbons (Fsp3) is 0.222. The molecule has 0 spiro atoms. The Kier molecular flexibility index (Phi) is 7.06. The van der Waals surface area contributed by atoms with Gasteiger partial charge in [-0.25, -0.2) is 32.9 Å². The van der Waals surface area contributed by atoms with Crippen LogP contribution < -0.4 is 10.0 Å². The molecule has 0 fully saturated rings. The lowest BCUT2D eigenvalue weighted by molar-refractivity contribution is -0.385. The molecule has 0 bridgehead atoms. The number of carbonyl (C=O) groups is 1. The third kappa shape index (κ3) is 5.99. The number of carbonyl (C=O) groups excluding carboxylic acids is 1. The Balaban J connectivity index is 1.85. The van der Waals surface area contributed by atoms with Crippen molar-refractivity contribution in [1.82, 2.24) is 19.7 Å². The van der Waals surface area contributed by atoms with Crippen LogP contribution in [0.4, 0.5) is 16.4 Å². The van der Waals surface area contributed by atoms with Gasteiger partial charge in [-0.05, 0) is 32.9 Å². The van der Waals surface area contributed by atoms with Gasteiger partial charge in [0.1, 0.15) is 4.90 Å². The number of amides is 2. The summed E-state index contributed by atoms with van der Waals surface area (Å²) in [4.78, 5) is 35.0. The zero-order valence-corrected chi connectivity index (χ0v) is 19.6. The topological polar surface area (TPSA) is 157 Å². The van der Waals surface area contributed by atoms with Gasteiger partial charge in [-0.3, -0.25) is 15.4 Å². The molecule has 0 radical (unpaired) electrons. The molecular formula is C18H18N6O5S3. The van der Waals surface area contributed by atoms with Crippen molar-refractivity contribution in [2.45, 2.75) is 36.3 Å². The number of benzene rings is 1. The number of hydrogen-bond donors (Lipinski definition) is 2. The van der Waals surface area contributed by atoms with Gasteiger partial charge in [-0.1, -0.05) is 0 Å². The number of hydrogen-bond acceptors (Lipinski definition) is 10. The number of nitrogens with one attached hydrogen (secondary N) is 2. The number of thioether (sulfide) groups is 1. The Morgan fingerprint density at radius 2 is 1.84 bits per heavy atom. The Labute approximate surface area is 191 Å². The van der Waals surface area contributed by atoms with Gasteiger partial charge in [-0.2, -0.15) is 0 Å². The third-order valence-corrected chi connectivity index (χ3v) is 7.33. The normalized spacial score (nSPS) is 11.2. The van der Waals surface area contributed by atoms with Gasteiger partial charge >= 0.3 is 6.03 Å². The van der Waals surface area contributed by atoms with Gasteiger partial charge in [0.05, 0.1) is 15.6 Å². The molecule has 1 aromatic carbocycles. The summed E-state index contributed by atoms with van der Waals surface area (Å²) in [6.07, 6.45) is 0. The zero-order chi connectivity index (χ0) is 23.5. The van der Waals surface area contributed by atoms with Gasteiger partial charge in [0, 0.05) is 39.5 Å². The van der Waals surface area contributed by atoms with E-state index in [1.54, 1.807) is 19.9 Å². The monoisotopic (exact) mass is 494 g/mol. The van der Waals surface area contributed by atoms with E-state index >= 15 is 0 Å². The summed E-state index contributed by atoms with van der Waals surface area (Å²) >= 11 is 2.60.